The Morgan fingerprint density at radius 3 is 2.50 bits per heavy atom. The van der Waals surface area contributed by atoms with Crippen molar-refractivity contribution in [3.8, 4) is 0 Å². The molecule has 0 radical (unpaired) electrons. The zero-order chi connectivity index (χ0) is 18.5. The highest BCUT2D eigenvalue weighted by Gasteiger charge is 2.14. The largest absolute Gasteiger partial charge is 0.368 e. The van der Waals surface area contributed by atoms with Crippen LogP contribution in [0, 0.1) is 13.8 Å². The van der Waals surface area contributed by atoms with Gasteiger partial charge in [-0.1, -0.05) is 48.2 Å². The van der Waals surface area contributed by atoms with Gasteiger partial charge in [-0.2, -0.15) is 0 Å². The first-order valence-corrected chi connectivity index (χ1v) is 9.23. The summed E-state index contributed by atoms with van der Waals surface area (Å²) in [4.78, 5) is 12.4. The maximum Gasteiger partial charge on any atom is 0.244 e. The average molecular weight is 367 g/mol. The molecule has 0 aliphatic heterocycles. The summed E-state index contributed by atoms with van der Waals surface area (Å²) < 4.78 is 1.63. The molecular weight excluding hydrogens is 346 g/mol. The van der Waals surface area contributed by atoms with Crippen LogP contribution in [0.15, 0.2) is 53.7 Å². The van der Waals surface area contributed by atoms with Crippen molar-refractivity contribution in [2.75, 3.05) is 11.1 Å². The maximum absolute atomic E-state index is 12.4. The molecule has 1 amide bonds. The number of nitrogen functional groups attached to an aromatic ring is 1. The van der Waals surface area contributed by atoms with Crippen LogP contribution in [0.25, 0.3) is 0 Å². The van der Waals surface area contributed by atoms with E-state index in [1.807, 2.05) is 56.3 Å². The molecule has 26 heavy (non-hydrogen) atoms. The van der Waals surface area contributed by atoms with Gasteiger partial charge in [-0.15, -0.1) is 10.2 Å². The molecule has 6 nitrogen and oxygen atoms in total. The molecule has 0 aliphatic rings. The van der Waals surface area contributed by atoms with Gasteiger partial charge in [0.2, 0.25) is 11.9 Å². The smallest absolute Gasteiger partial charge is 0.244 e. The molecule has 3 aromatic rings. The second-order valence-corrected chi connectivity index (χ2v) is 7.07. The van der Waals surface area contributed by atoms with Gasteiger partial charge in [0.15, 0.2) is 5.16 Å². The highest BCUT2D eigenvalue weighted by molar-refractivity contribution is 7.98. The molecule has 3 rings (SSSR count). The van der Waals surface area contributed by atoms with Crippen molar-refractivity contribution in [2.45, 2.75) is 31.3 Å². The number of rotatable bonds is 6. The van der Waals surface area contributed by atoms with Crippen LogP contribution in [0.4, 0.5) is 11.6 Å². The van der Waals surface area contributed by atoms with Crippen molar-refractivity contribution in [1.29, 1.82) is 0 Å². The number of nitrogens with one attached hydrogen (secondary N) is 1. The molecule has 7 heteroatoms. The number of benzene rings is 2. The van der Waals surface area contributed by atoms with Crippen LogP contribution in [0.5, 0.6) is 0 Å². The molecule has 0 atom stereocenters. The van der Waals surface area contributed by atoms with E-state index in [1.165, 1.54) is 17.3 Å². The van der Waals surface area contributed by atoms with Crippen LogP contribution in [0.1, 0.15) is 16.7 Å². The molecule has 0 aliphatic carbocycles. The van der Waals surface area contributed by atoms with Gasteiger partial charge in [-0.25, -0.2) is 0 Å². The number of hydrogen-bond acceptors (Lipinski definition) is 5. The molecule has 0 spiro atoms. The number of aryl methyl sites for hydroxylation is 2. The predicted octanol–water partition coefficient (Wildman–Crippen LogP) is 3.41. The first-order valence-electron chi connectivity index (χ1n) is 8.25. The lowest BCUT2D eigenvalue weighted by molar-refractivity contribution is -0.116. The van der Waals surface area contributed by atoms with E-state index in [-0.39, 0.29) is 18.4 Å². The minimum atomic E-state index is -0.164. The summed E-state index contributed by atoms with van der Waals surface area (Å²) in [6, 6.07) is 16.0. The quantitative estimate of drug-likeness (QED) is 0.652. The van der Waals surface area contributed by atoms with Crippen LogP contribution in [0.3, 0.4) is 0 Å². The molecule has 1 aromatic heterocycles. The van der Waals surface area contributed by atoms with Gasteiger partial charge in [0.25, 0.3) is 0 Å². The molecule has 2 aromatic carbocycles. The summed E-state index contributed by atoms with van der Waals surface area (Å²) in [5.74, 6) is 0.802. The average Bonchev–Trinajstić information content (AvgIpc) is 2.93. The highest BCUT2D eigenvalue weighted by atomic mass is 32.2. The highest BCUT2D eigenvalue weighted by Crippen LogP contribution is 2.23. The van der Waals surface area contributed by atoms with Crippen LogP contribution in [-0.4, -0.2) is 20.7 Å². The Labute approximate surface area is 156 Å². The lowest BCUT2D eigenvalue weighted by Gasteiger charge is -2.10. The molecule has 0 bridgehead atoms. The lowest BCUT2D eigenvalue weighted by atomic mass is 10.1. The molecule has 0 saturated carbocycles. The first-order chi connectivity index (χ1) is 12.5. The van der Waals surface area contributed by atoms with Crippen LogP contribution in [0.2, 0.25) is 0 Å². The van der Waals surface area contributed by atoms with Gasteiger partial charge in [0, 0.05) is 11.4 Å². The summed E-state index contributed by atoms with van der Waals surface area (Å²) in [5, 5.41) is 11.5. The molecule has 3 N–H and O–H groups in total. The topological polar surface area (TPSA) is 85.8 Å². The monoisotopic (exact) mass is 367 g/mol. The summed E-state index contributed by atoms with van der Waals surface area (Å²) in [5.41, 5.74) is 10.0. The van der Waals surface area contributed by atoms with Crippen molar-refractivity contribution in [2.24, 2.45) is 0 Å². The maximum atomic E-state index is 12.4. The van der Waals surface area contributed by atoms with Gasteiger partial charge in [-0.3, -0.25) is 9.36 Å². The number of carbonyl (C=O) groups is 1. The van der Waals surface area contributed by atoms with E-state index < -0.39 is 0 Å². The normalized spacial score (nSPS) is 10.7. The minimum Gasteiger partial charge on any atom is -0.368 e. The summed E-state index contributed by atoms with van der Waals surface area (Å²) in [7, 11) is 0. The third-order valence-electron chi connectivity index (χ3n) is 3.76. The third-order valence-corrected chi connectivity index (χ3v) is 4.80. The lowest BCUT2D eigenvalue weighted by Crippen LogP contribution is -2.20. The number of nitrogens with two attached hydrogens (primary N) is 1. The standard InChI is InChI=1S/C19H21N5OS/c1-13-8-14(2)10-16(9-13)21-17(25)11-24-18(20)22-23-19(24)26-12-15-6-4-3-5-7-15/h3-10H,11-12H2,1-2H3,(H2,20,22)(H,21,25). The van der Waals surface area contributed by atoms with Crippen molar-refractivity contribution in [1.82, 2.24) is 14.8 Å². The summed E-state index contributed by atoms with van der Waals surface area (Å²) in [6.07, 6.45) is 0. The molecule has 0 fully saturated rings. The Morgan fingerprint density at radius 1 is 1.12 bits per heavy atom. The van der Waals surface area contributed by atoms with Gasteiger partial charge in [0.05, 0.1) is 0 Å². The Balaban J connectivity index is 1.67. The zero-order valence-corrected chi connectivity index (χ0v) is 15.6. The fraction of sp³-hybridized carbons (Fsp3) is 0.211. The van der Waals surface area contributed by atoms with Gasteiger partial charge in [0.1, 0.15) is 6.54 Å². The van der Waals surface area contributed by atoms with Crippen LogP contribution >= 0.6 is 11.8 Å². The SMILES string of the molecule is Cc1cc(C)cc(NC(=O)Cn2c(N)nnc2SCc2ccccc2)c1. The number of aromatic nitrogens is 3. The summed E-state index contributed by atoms with van der Waals surface area (Å²) in [6.45, 7) is 4.07. The molecule has 0 unspecified atom stereocenters. The van der Waals surface area contributed by atoms with Gasteiger partial charge >= 0.3 is 0 Å². The number of hydrogen-bond donors (Lipinski definition) is 2. The van der Waals surface area contributed by atoms with Crippen LogP contribution < -0.4 is 11.1 Å². The van der Waals surface area contributed by atoms with Crippen LogP contribution in [-0.2, 0) is 17.1 Å². The fourth-order valence-electron chi connectivity index (χ4n) is 2.67. The van der Waals surface area contributed by atoms with E-state index in [9.17, 15) is 4.79 Å². The second kappa shape index (κ2) is 8.05. The third kappa shape index (κ3) is 4.64. The Hall–Kier alpha value is -2.80. The first kappa shape index (κ1) is 18.0. The van der Waals surface area contributed by atoms with Crippen molar-refractivity contribution < 1.29 is 4.79 Å². The Morgan fingerprint density at radius 2 is 1.81 bits per heavy atom. The molecule has 134 valence electrons. The number of amides is 1. The zero-order valence-electron chi connectivity index (χ0n) is 14.8. The number of carbonyl (C=O) groups excluding carboxylic acids is 1. The summed E-state index contributed by atoms with van der Waals surface area (Å²) >= 11 is 1.50. The molecule has 0 saturated heterocycles. The van der Waals surface area contributed by atoms with Gasteiger partial charge in [-0.05, 0) is 42.7 Å². The Kier molecular flexibility index (Phi) is 5.58. The minimum absolute atomic E-state index is 0.0724. The second-order valence-electron chi connectivity index (χ2n) is 6.13. The fourth-order valence-corrected chi connectivity index (χ4v) is 3.57. The van der Waals surface area contributed by atoms with E-state index in [4.69, 9.17) is 5.73 Å². The van der Waals surface area contributed by atoms with E-state index in [2.05, 4.69) is 21.6 Å². The van der Waals surface area contributed by atoms with Crippen molar-refractivity contribution in [3.05, 3.63) is 65.2 Å². The molecular formula is C19H21N5OS. The predicted molar refractivity (Wildman–Crippen MR) is 105 cm³/mol. The number of nitrogens with zero attached hydrogens (tertiary/aromatic N) is 3. The van der Waals surface area contributed by atoms with E-state index in [1.54, 1.807) is 4.57 Å². The van der Waals surface area contributed by atoms with E-state index in [0.717, 1.165) is 22.6 Å². The van der Waals surface area contributed by atoms with E-state index >= 15 is 0 Å². The number of thioether (sulfide) groups is 1. The van der Waals surface area contributed by atoms with Crippen molar-refractivity contribution >= 4 is 29.3 Å². The van der Waals surface area contributed by atoms with E-state index in [0.29, 0.717) is 5.16 Å². The molecule has 1 heterocycles. The number of anilines is 2. The van der Waals surface area contributed by atoms with Crippen molar-refractivity contribution in [3.63, 3.8) is 0 Å². The Bertz CT molecular complexity index is 887. The van der Waals surface area contributed by atoms with Gasteiger partial charge < -0.3 is 11.1 Å².